The number of aryl methyl sites for hydroxylation is 2. The fourth-order valence-electron chi connectivity index (χ4n) is 1.84. The Morgan fingerprint density at radius 3 is 2.56 bits per heavy atom. The van der Waals surface area contributed by atoms with E-state index in [1.54, 1.807) is 12.3 Å². The first-order valence-corrected chi connectivity index (χ1v) is 6.02. The van der Waals surface area contributed by atoms with Crippen LogP contribution in [0.1, 0.15) is 22.3 Å². The molecule has 0 aliphatic carbocycles. The molecule has 0 fully saturated rings. The van der Waals surface area contributed by atoms with Gasteiger partial charge in [0, 0.05) is 25.5 Å². The van der Waals surface area contributed by atoms with Crippen LogP contribution in [0.5, 0.6) is 0 Å². The molecule has 0 amide bonds. The molecule has 0 aliphatic rings. The Hall–Kier alpha value is -1.74. The van der Waals surface area contributed by atoms with E-state index < -0.39 is 0 Å². The molecule has 1 aromatic heterocycles. The van der Waals surface area contributed by atoms with E-state index >= 15 is 0 Å². The van der Waals surface area contributed by atoms with Crippen LogP contribution in [0.15, 0.2) is 36.7 Å². The molecule has 3 heteroatoms. The van der Waals surface area contributed by atoms with E-state index in [4.69, 9.17) is 0 Å². The van der Waals surface area contributed by atoms with Crippen LogP contribution < -0.4 is 5.32 Å². The third-order valence-corrected chi connectivity index (χ3v) is 3.09. The van der Waals surface area contributed by atoms with Gasteiger partial charge in [-0.1, -0.05) is 6.07 Å². The summed E-state index contributed by atoms with van der Waals surface area (Å²) in [7, 11) is 0. The maximum Gasteiger partial charge on any atom is 0.123 e. The molecule has 0 radical (unpaired) electrons. The van der Waals surface area contributed by atoms with Gasteiger partial charge in [-0.2, -0.15) is 0 Å². The van der Waals surface area contributed by atoms with Crippen LogP contribution in [0.4, 0.5) is 4.39 Å². The van der Waals surface area contributed by atoms with Crippen molar-refractivity contribution >= 4 is 0 Å². The van der Waals surface area contributed by atoms with Crippen molar-refractivity contribution < 1.29 is 4.39 Å². The molecule has 1 heterocycles. The summed E-state index contributed by atoms with van der Waals surface area (Å²) in [5, 5.41) is 3.32. The predicted octanol–water partition coefficient (Wildman–Crippen LogP) is 3.13. The van der Waals surface area contributed by atoms with E-state index in [1.165, 1.54) is 17.2 Å². The van der Waals surface area contributed by atoms with Gasteiger partial charge >= 0.3 is 0 Å². The van der Waals surface area contributed by atoms with Crippen molar-refractivity contribution in [1.29, 1.82) is 0 Å². The Labute approximate surface area is 107 Å². The zero-order valence-corrected chi connectivity index (χ0v) is 10.7. The number of nitrogens with zero attached hydrogens (tertiary/aromatic N) is 1. The first kappa shape index (κ1) is 12.7. The van der Waals surface area contributed by atoms with Gasteiger partial charge in [-0.05, 0) is 54.3 Å². The summed E-state index contributed by atoms with van der Waals surface area (Å²) in [6.07, 6.45) is 3.65. The molecule has 2 rings (SSSR count). The number of aromatic nitrogens is 1. The minimum atomic E-state index is -0.185. The van der Waals surface area contributed by atoms with E-state index in [1.807, 2.05) is 25.3 Å². The van der Waals surface area contributed by atoms with Gasteiger partial charge in [-0.25, -0.2) is 4.39 Å². The number of rotatable bonds is 4. The molecule has 0 aliphatic heterocycles. The highest BCUT2D eigenvalue weighted by Gasteiger charge is 2.01. The van der Waals surface area contributed by atoms with Crippen molar-refractivity contribution in [1.82, 2.24) is 10.3 Å². The molecular weight excluding hydrogens is 227 g/mol. The summed E-state index contributed by atoms with van der Waals surface area (Å²) < 4.78 is 13.1. The Balaban J connectivity index is 1.96. The smallest absolute Gasteiger partial charge is 0.123 e. The number of halogens is 1. The van der Waals surface area contributed by atoms with Gasteiger partial charge in [0.25, 0.3) is 0 Å². The van der Waals surface area contributed by atoms with E-state index in [0.717, 1.165) is 17.7 Å². The number of nitrogens with one attached hydrogen (secondary N) is 1. The van der Waals surface area contributed by atoms with Crippen molar-refractivity contribution in [3.05, 3.63) is 64.7 Å². The van der Waals surface area contributed by atoms with Gasteiger partial charge < -0.3 is 5.32 Å². The molecule has 1 aromatic carbocycles. The third-order valence-electron chi connectivity index (χ3n) is 3.09. The van der Waals surface area contributed by atoms with Crippen LogP contribution in [-0.2, 0) is 13.1 Å². The highest BCUT2D eigenvalue weighted by molar-refractivity contribution is 5.27. The summed E-state index contributed by atoms with van der Waals surface area (Å²) in [5.74, 6) is -0.185. The summed E-state index contributed by atoms with van der Waals surface area (Å²) in [6, 6.07) is 6.87. The fraction of sp³-hybridized carbons (Fsp3) is 0.267. The lowest BCUT2D eigenvalue weighted by Gasteiger charge is -2.09. The van der Waals surface area contributed by atoms with Gasteiger partial charge in [0.2, 0.25) is 0 Å². The van der Waals surface area contributed by atoms with Crippen LogP contribution in [0.2, 0.25) is 0 Å². The minimum Gasteiger partial charge on any atom is -0.309 e. The summed E-state index contributed by atoms with van der Waals surface area (Å²) in [4.78, 5) is 4.10. The number of benzene rings is 1. The van der Waals surface area contributed by atoms with Gasteiger partial charge in [0.15, 0.2) is 0 Å². The number of hydrogen-bond donors (Lipinski definition) is 1. The average Bonchev–Trinajstić information content (AvgIpc) is 2.36. The molecule has 18 heavy (non-hydrogen) atoms. The van der Waals surface area contributed by atoms with Crippen LogP contribution >= 0.6 is 0 Å². The summed E-state index contributed by atoms with van der Waals surface area (Å²) in [5.41, 5.74) is 4.49. The monoisotopic (exact) mass is 244 g/mol. The van der Waals surface area contributed by atoms with E-state index in [2.05, 4.69) is 17.2 Å². The Bertz CT molecular complexity index is 538. The molecule has 0 spiro atoms. The molecule has 0 saturated heterocycles. The lowest BCUT2D eigenvalue weighted by Crippen LogP contribution is -2.14. The molecule has 0 atom stereocenters. The zero-order chi connectivity index (χ0) is 13.0. The lowest BCUT2D eigenvalue weighted by molar-refractivity contribution is 0.618. The molecule has 2 aromatic rings. The van der Waals surface area contributed by atoms with E-state index in [0.29, 0.717) is 6.54 Å². The standard InChI is InChI=1S/C15H17FN2/c1-11-3-4-15(16)7-13(11)8-18-10-14-9-17-6-5-12(14)2/h3-7,9,18H,8,10H2,1-2H3. The second-order valence-electron chi connectivity index (χ2n) is 4.48. The molecule has 0 bridgehead atoms. The SMILES string of the molecule is Cc1ccncc1CNCc1cc(F)ccc1C. The molecular formula is C15H17FN2. The van der Waals surface area contributed by atoms with E-state index in [-0.39, 0.29) is 5.82 Å². The first-order chi connectivity index (χ1) is 8.66. The molecule has 1 N–H and O–H groups in total. The van der Waals surface area contributed by atoms with Crippen molar-refractivity contribution in [2.45, 2.75) is 26.9 Å². The summed E-state index contributed by atoms with van der Waals surface area (Å²) >= 11 is 0. The van der Waals surface area contributed by atoms with Crippen LogP contribution in [0, 0.1) is 19.7 Å². The average molecular weight is 244 g/mol. The lowest BCUT2D eigenvalue weighted by atomic mass is 10.1. The van der Waals surface area contributed by atoms with Crippen molar-refractivity contribution in [3.8, 4) is 0 Å². The molecule has 0 saturated carbocycles. The van der Waals surface area contributed by atoms with Crippen LogP contribution in [0.3, 0.4) is 0 Å². The first-order valence-electron chi connectivity index (χ1n) is 6.02. The van der Waals surface area contributed by atoms with Gasteiger partial charge in [-0.15, -0.1) is 0 Å². The van der Waals surface area contributed by atoms with Gasteiger partial charge in [0.1, 0.15) is 5.82 Å². The van der Waals surface area contributed by atoms with Crippen molar-refractivity contribution in [2.24, 2.45) is 0 Å². The molecule has 2 nitrogen and oxygen atoms in total. The third kappa shape index (κ3) is 3.14. The highest BCUT2D eigenvalue weighted by atomic mass is 19.1. The van der Waals surface area contributed by atoms with Crippen molar-refractivity contribution in [3.63, 3.8) is 0 Å². The summed E-state index contributed by atoms with van der Waals surface area (Å²) in [6.45, 7) is 5.46. The second kappa shape index (κ2) is 5.74. The maximum atomic E-state index is 13.1. The topological polar surface area (TPSA) is 24.9 Å². The maximum absolute atomic E-state index is 13.1. The van der Waals surface area contributed by atoms with Crippen LogP contribution in [-0.4, -0.2) is 4.98 Å². The Kier molecular flexibility index (Phi) is 4.05. The molecule has 94 valence electrons. The van der Waals surface area contributed by atoms with Crippen molar-refractivity contribution in [2.75, 3.05) is 0 Å². The van der Waals surface area contributed by atoms with Gasteiger partial charge in [0.05, 0.1) is 0 Å². The minimum absolute atomic E-state index is 0.185. The quantitative estimate of drug-likeness (QED) is 0.893. The van der Waals surface area contributed by atoms with Gasteiger partial charge in [-0.3, -0.25) is 4.98 Å². The zero-order valence-electron chi connectivity index (χ0n) is 10.7. The Morgan fingerprint density at radius 1 is 1.06 bits per heavy atom. The Morgan fingerprint density at radius 2 is 1.78 bits per heavy atom. The number of pyridine rings is 1. The van der Waals surface area contributed by atoms with E-state index in [9.17, 15) is 4.39 Å². The largest absolute Gasteiger partial charge is 0.309 e. The predicted molar refractivity (Wildman–Crippen MR) is 70.7 cm³/mol. The fourth-order valence-corrected chi connectivity index (χ4v) is 1.84. The highest BCUT2D eigenvalue weighted by Crippen LogP contribution is 2.10. The second-order valence-corrected chi connectivity index (χ2v) is 4.48. The normalized spacial score (nSPS) is 10.6. The van der Waals surface area contributed by atoms with Crippen LogP contribution in [0.25, 0.3) is 0 Å². The number of hydrogen-bond acceptors (Lipinski definition) is 2. The molecule has 0 unspecified atom stereocenters.